The fourth-order valence-corrected chi connectivity index (χ4v) is 8.07. The van der Waals surface area contributed by atoms with Crippen LogP contribution in [-0.2, 0) is 29.9 Å². The van der Waals surface area contributed by atoms with E-state index in [1.54, 1.807) is 24.8 Å². The Morgan fingerprint density at radius 1 is 0.545 bits per heavy atom. The van der Waals surface area contributed by atoms with E-state index in [0.29, 0.717) is 39.8 Å². The quantitative estimate of drug-likeness (QED) is 0.160. The molecular formula is C46H61BrN16O2Pd. The maximum absolute atomic E-state index is 5.43. The Bertz CT molecular complexity index is 2380. The standard InChI is InChI=1S/C23H30N8O.C18H19BrN6O.C5H12N2.Pd/c1-29-10-12-31(13-11-29)19-4-2-18(3-5-19)21-27-22-20(24-6-7-25-22)23(28-21)26-8-9-30-14-16-32-17-15-30;19-14-3-1-13(2-4-14)16-23-17-15(20-5-6-21-17)18(24-16)22-7-8-25-9-11-26-12-10-25;1-7-4-2-6-3-5-7;/h2-7H,8-17H2,1H3,(H,25,26,27,28);1-6H,7-12H2,(H,21,22,23,24);6H,2-5H2,1H3;. The Hall–Kier alpha value is -4.46. The number of rotatable bonds is 11. The van der Waals surface area contributed by atoms with Crippen LogP contribution in [0.1, 0.15) is 0 Å². The van der Waals surface area contributed by atoms with Crippen molar-refractivity contribution in [3.63, 3.8) is 0 Å². The van der Waals surface area contributed by atoms with Crippen molar-refractivity contribution >= 4 is 55.6 Å². The summed E-state index contributed by atoms with van der Waals surface area (Å²) < 4.78 is 11.8. The summed E-state index contributed by atoms with van der Waals surface area (Å²) in [7, 11) is 4.33. The third-order valence-electron chi connectivity index (χ3n) is 11.8. The molecule has 0 unspecified atom stereocenters. The Morgan fingerprint density at radius 3 is 1.44 bits per heavy atom. The van der Waals surface area contributed by atoms with Gasteiger partial charge in [-0.05, 0) is 50.5 Å². The van der Waals surface area contributed by atoms with E-state index < -0.39 is 0 Å². The predicted molar refractivity (Wildman–Crippen MR) is 260 cm³/mol. The van der Waals surface area contributed by atoms with Crippen molar-refractivity contribution < 1.29 is 29.9 Å². The topological polar surface area (TPSA) is 174 Å². The van der Waals surface area contributed by atoms with Crippen LogP contribution in [0, 0.1) is 0 Å². The van der Waals surface area contributed by atoms with E-state index in [1.165, 1.54) is 18.8 Å². The molecule has 20 heteroatoms. The molecule has 4 aliphatic heterocycles. The molecule has 2 aromatic carbocycles. The Labute approximate surface area is 409 Å². The molecule has 8 heterocycles. The van der Waals surface area contributed by atoms with Gasteiger partial charge in [0.1, 0.15) is 11.0 Å². The SMILES string of the molecule is Brc1ccc(-c2nc(NCCN3CCOCC3)c3nccnc3n2)cc1.CN1CCN(c2ccc(-c3nc(NCCN4CCOCC4)c4nccnc4n3)cc2)CC1.CN1CCNCC1.[Pd]. The second-order valence-corrected chi connectivity index (χ2v) is 17.3. The predicted octanol–water partition coefficient (Wildman–Crippen LogP) is 3.70. The van der Waals surface area contributed by atoms with Crippen LogP contribution in [-0.4, -0.2) is 205 Å². The minimum atomic E-state index is 0. The molecule has 4 aliphatic rings. The number of hydrogen-bond donors (Lipinski definition) is 3. The number of likely N-dealkylation sites (N-methyl/N-ethyl adjacent to an activating group) is 2. The molecule has 18 nitrogen and oxygen atoms in total. The van der Waals surface area contributed by atoms with Crippen molar-refractivity contribution in [2.75, 3.05) is 161 Å². The van der Waals surface area contributed by atoms with Gasteiger partial charge in [-0.25, -0.2) is 39.9 Å². The van der Waals surface area contributed by atoms with Gasteiger partial charge >= 0.3 is 0 Å². The van der Waals surface area contributed by atoms with Crippen LogP contribution < -0.4 is 20.9 Å². The van der Waals surface area contributed by atoms with Gasteiger partial charge in [0, 0.05) is 171 Å². The van der Waals surface area contributed by atoms with Gasteiger partial charge in [-0.3, -0.25) is 9.80 Å². The molecule has 354 valence electrons. The third kappa shape index (κ3) is 14.3. The summed E-state index contributed by atoms with van der Waals surface area (Å²) in [6.45, 7) is 19.5. The smallest absolute Gasteiger partial charge is 0.184 e. The zero-order valence-electron chi connectivity index (χ0n) is 37.9. The second-order valence-electron chi connectivity index (χ2n) is 16.4. The van der Waals surface area contributed by atoms with E-state index in [1.807, 2.05) is 24.3 Å². The van der Waals surface area contributed by atoms with E-state index in [-0.39, 0.29) is 20.4 Å². The summed E-state index contributed by atoms with van der Waals surface area (Å²) in [6, 6.07) is 16.5. The number of anilines is 3. The number of nitrogens with zero attached hydrogens (tertiary/aromatic N) is 13. The fourth-order valence-electron chi connectivity index (χ4n) is 7.81. The van der Waals surface area contributed by atoms with Gasteiger partial charge in [0.25, 0.3) is 0 Å². The summed E-state index contributed by atoms with van der Waals surface area (Å²) in [6.07, 6.45) is 6.67. The van der Waals surface area contributed by atoms with Crippen molar-refractivity contribution in [1.82, 2.24) is 64.8 Å². The molecule has 6 aromatic rings. The van der Waals surface area contributed by atoms with Crippen LogP contribution in [0.2, 0.25) is 0 Å². The number of aromatic nitrogens is 8. The van der Waals surface area contributed by atoms with Crippen molar-refractivity contribution in [2.45, 2.75) is 0 Å². The first-order valence-electron chi connectivity index (χ1n) is 22.7. The number of nitrogens with one attached hydrogen (secondary N) is 3. The fraction of sp³-hybridized carbons (Fsp3) is 0.478. The molecule has 0 saturated carbocycles. The molecule has 0 radical (unpaired) electrons. The number of piperazine rings is 2. The average Bonchev–Trinajstić information content (AvgIpc) is 3.36. The first kappa shape index (κ1) is 49.4. The maximum Gasteiger partial charge on any atom is 0.184 e. The summed E-state index contributed by atoms with van der Waals surface area (Å²) in [5, 5.41) is 10.1. The number of halogens is 1. The molecule has 0 aliphatic carbocycles. The van der Waals surface area contributed by atoms with E-state index >= 15 is 0 Å². The molecule has 10 rings (SSSR count). The van der Waals surface area contributed by atoms with Crippen LogP contribution in [0.4, 0.5) is 17.3 Å². The zero-order chi connectivity index (χ0) is 44.6. The van der Waals surface area contributed by atoms with Crippen LogP contribution in [0.15, 0.2) is 77.8 Å². The first-order valence-corrected chi connectivity index (χ1v) is 23.5. The monoisotopic (exact) mass is 1050 g/mol. The summed E-state index contributed by atoms with van der Waals surface area (Å²) in [5.74, 6) is 2.75. The molecule has 3 N–H and O–H groups in total. The van der Waals surface area contributed by atoms with E-state index in [2.05, 4.69) is 125 Å². The van der Waals surface area contributed by atoms with E-state index in [4.69, 9.17) is 19.4 Å². The van der Waals surface area contributed by atoms with E-state index in [9.17, 15) is 0 Å². The summed E-state index contributed by atoms with van der Waals surface area (Å²) >= 11 is 3.46. The van der Waals surface area contributed by atoms with Gasteiger partial charge in [-0.15, -0.1) is 0 Å². The van der Waals surface area contributed by atoms with Crippen molar-refractivity contribution in [3.05, 3.63) is 77.8 Å². The number of morpholine rings is 2. The summed E-state index contributed by atoms with van der Waals surface area (Å²) in [5.41, 5.74) is 5.75. The van der Waals surface area contributed by atoms with Gasteiger partial charge in [-0.2, -0.15) is 0 Å². The molecule has 66 heavy (non-hydrogen) atoms. The van der Waals surface area contributed by atoms with Crippen LogP contribution in [0.3, 0.4) is 0 Å². The van der Waals surface area contributed by atoms with Crippen molar-refractivity contribution in [1.29, 1.82) is 0 Å². The number of hydrogen-bond acceptors (Lipinski definition) is 18. The van der Waals surface area contributed by atoms with Gasteiger partial charge in [0.05, 0.1) is 26.4 Å². The van der Waals surface area contributed by atoms with Gasteiger partial charge < -0.3 is 40.1 Å². The third-order valence-corrected chi connectivity index (χ3v) is 12.3. The maximum atomic E-state index is 5.43. The minimum absolute atomic E-state index is 0. The molecule has 0 bridgehead atoms. The Morgan fingerprint density at radius 2 is 0.985 bits per heavy atom. The summed E-state index contributed by atoms with van der Waals surface area (Å²) in [4.78, 5) is 48.3. The molecule has 0 spiro atoms. The van der Waals surface area contributed by atoms with Gasteiger partial charge in [0.15, 0.2) is 34.6 Å². The number of ether oxygens (including phenoxy) is 2. The van der Waals surface area contributed by atoms with Crippen molar-refractivity contribution in [3.8, 4) is 22.8 Å². The Balaban J connectivity index is 0.000000171. The molecule has 4 fully saturated rings. The van der Waals surface area contributed by atoms with Crippen molar-refractivity contribution in [2.24, 2.45) is 0 Å². The second kappa shape index (κ2) is 25.6. The van der Waals surface area contributed by atoms with Crippen LogP contribution in [0.25, 0.3) is 45.1 Å². The van der Waals surface area contributed by atoms with Crippen LogP contribution in [0.5, 0.6) is 0 Å². The largest absolute Gasteiger partial charge is 0.379 e. The van der Waals surface area contributed by atoms with Crippen LogP contribution >= 0.6 is 15.9 Å². The first-order chi connectivity index (χ1) is 31.9. The molecule has 0 atom stereocenters. The van der Waals surface area contributed by atoms with Gasteiger partial charge in [-0.1, -0.05) is 28.1 Å². The van der Waals surface area contributed by atoms with E-state index in [0.717, 1.165) is 139 Å². The molecule has 0 amide bonds. The Kier molecular flexibility index (Phi) is 19.2. The minimum Gasteiger partial charge on any atom is -0.379 e. The van der Waals surface area contributed by atoms with Gasteiger partial charge in [0.2, 0.25) is 0 Å². The molecule has 4 aromatic heterocycles. The number of benzene rings is 2. The number of fused-ring (bicyclic) bond motifs is 2. The average molecular weight is 1060 g/mol. The molecular weight excluding hydrogens is 995 g/mol. The molecule has 4 saturated heterocycles. The zero-order valence-corrected chi connectivity index (χ0v) is 41.0. The normalized spacial score (nSPS) is 17.5.